The molecular formula is C24H48O6. The van der Waals surface area contributed by atoms with E-state index in [0.717, 1.165) is 57.8 Å². The first-order valence-electron chi connectivity index (χ1n) is 12.0. The summed E-state index contributed by atoms with van der Waals surface area (Å²) in [5.74, 6) is -2.10. The highest BCUT2D eigenvalue weighted by atomic mass is 16.4. The smallest absolute Gasteiger partial charge is 0.313 e. The highest BCUT2D eigenvalue weighted by Crippen LogP contribution is 2.50. The van der Waals surface area contributed by atoms with E-state index in [1.165, 1.54) is 13.8 Å². The number of carbonyl (C=O) groups is 1. The van der Waals surface area contributed by atoms with E-state index in [0.29, 0.717) is 19.3 Å². The molecule has 0 aliphatic rings. The lowest BCUT2D eigenvalue weighted by atomic mass is 9.56. The minimum atomic E-state index is -1.92. The van der Waals surface area contributed by atoms with Crippen LogP contribution in [0.1, 0.15) is 111 Å². The molecule has 0 aromatic rings. The molecule has 0 aromatic carbocycles. The van der Waals surface area contributed by atoms with Gasteiger partial charge < -0.3 is 25.5 Å². The molecule has 0 radical (unpaired) electrons. The Morgan fingerprint density at radius 3 is 1.67 bits per heavy atom. The van der Waals surface area contributed by atoms with Gasteiger partial charge in [-0.25, -0.2) is 0 Å². The van der Waals surface area contributed by atoms with Gasteiger partial charge in [0.15, 0.2) is 0 Å². The summed E-state index contributed by atoms with van der Waals surface area (Å²) in [6, 6.07) is 0. The second-order valence-corrected chi connectivity index (χ2v) is 9.50. The number of aliphatic hydroxyl groups is 4. The molecule has 180 valence electrons. The fraction of sp³-hybridized carbons (Fsp3) is 0.958. The van der Waals surface area contributed by atoms with E-state index in [2.05, 4.69) is 13.8 Å². The van der Waals surface area contributed by atoms with E-state index >= 15 is 0 Å². The van der Waals surface area contributed by atoms with Crippen LogP contribution in [-0.4, -0.2) is 55.9 Å². The second kappa shape index (κ2) is 14.4. The topological polar surface area (TPSA) is 118 Å². The number of rotatable bonds is 19. The van der Waals surface area contributed by atoms with Crippen LogP contribution in [0.4, 0.5) is 0 Å². The summed E-state index contributed by atoms with van der Waals surface area (Å²) in [5, 5.41) is 52.2. The van der Waals surface area contributed by atoms with Gasteiger partial charge in [-0.05, 0) is 26.7 Å². The SMILES string of the molecule is CCCCCCCCC(C(C)(O)CO)C(CCCCCCC)(C(=O)O)C(C)(O)CO. The zero-order chi connectivity index (χ0) is 23.3. The molecule has 0 bridgehead atoms. The molecule has 0 aliphatic carbocycles. The molecule has 0 fully saturated rings. The predicted molar refractivity (Wildman–Crippen MR) is 120 cm³/mol. The van der Waals surface area contributed by atoms with Crippen LogP contribution in [0.5, 0.6) is 0 Å². The Balaban J connectivity index is 5.78. The Kier molecular flexibility index (Phi) is 14.1. The first-order valence-corrected chi connectivity index (χ1v) is 12.0. The van der Waals surface area contributed by atoms with Crippen LogP contribution in [-0.2, 0) is 4.79 Å². The maximum atomic E-state index is 12.7. The maximum absolute atomic E-state index is 12.7. The zero-order valence-corrected chi connectivity index (χ0v) is 19.8. The number of carboxylic acid groups (broad SMARTS) is 1. The van der Waals surface area contributed by atoms with Crippen LogP contribution in [0, 0.1) is 11.3 Å². The van der Waals surface area contributed by atoms with E-state index in [1.54, 1.807) is 0 Å². The van der Waals surface area contributed by atoms with Crippen molar-refractivity contribution in [1.29, 1.82) is 0 Å². The molecule has 6 nitrogen and oxygen atoms in total. The molecule has 30 heavy (non-hydrogen) atoms. The van der Waals surface area contributed by atoms with Gasteiger partial charge in [-0.3, -0.25) is 4.79 Å². The van der Waals surface area contributed by atoms with Gasteiger partial charge >= 0.3 is 5.97 Å². The quantitative estimate of drug-likeness (QED) is 0.195. The molecule has 6 heteroatoms. The van der Waals surface area contributed by atoms with Crippen LogP contribution >= 0.6 is 0 Å². The number of carboxylic acids is 1. The van der Waals surface area contributed by atoms with Crippen molar-refractivity contribution in [2.45, 2.75) is 122 Å². The lowest BCUT2D eigenvalue weighted by Crippen LogP contribution is -2.63. The highest BCUT2D eigenvalue weighted by Gasteiger charge is 2.61. The van der Waals surface area contributed by atoms with E-state index in [1.807, 2.05) is 0 Å². The van der Waals surface area contributed by atoms with Gasteiger partial charge in [0.1, 0.15) is 11.0 Å². The number of aliphatic hydroxyl groups excluding tert-OH is 2. The highest BCUT2D eigenvalue weighted by molar-refractivity contribution is 5.77. The summed E-state index contributed by atoms with van der Waals surface area (Å²) in [6.45, 7) is 5.72. The number of hydrogen-bond acceptors (Lipinski definition) is 5. The summed E-state index contributed by atoms with van der Waals surface area (Å²) in [7, 11) is 0. The van der Waals surface area contributed by atoms with Gasteiger partial charge in [0.25, 0.3) is 0 Å². The summed E-state index contributed by atoms with van der Waals surface area (Å²) >= 11 is 0. The lowest BCUT2D eigenvalue weighted by molar-refractivity contribution is -0.210. The van der Waals surface area contributed by atoms with Crippen LogP contribution in [0.25, 0.3) is 0 Å². The van der Waals surface area contributed by atoms with Crippen LogP contribution in [0.15, 0.2) is 0 Å². The average molecular weight is 433 g/mol. The van der Waals surface area contributed by atoms with E-state index < -0.39 is 41.7 Å². The van der Waals surface area contributed by atoms with Crippen molar-refractivity contribution in [3.05, 3.63) is 0 Å². The fourth-order valence-corrected chi connectivity index (χ4v) is 4.78. The van der Waals surface area contributed by atoms with Crippen molar-refractivity contribution in [2.24, 2.45) is 11.3 Å². The number of unbranched alkanes of at least 4 members (excludes halogenated alkanes) is 9. The van der Waals surface area contributed by atoms with Crippen molar-refractivity contribution in [3.63, 3.8) is 0 Å². The van der Waals surface area contributed by atoms with Gasteiger partial charge in [0.2, 0.25) is 0 Å². The number of hydrogen-bond donors (Lipinski definition) is 5. The Labute approximate surface area is 183 Å². The monoisotopic (exact) mass is 432 g/mol. The van der Waals surface area contributed by atoms with Gasteiger partial charge in [0.05, 0.1) is 18.8 Å². The third kappa shape index (κ3) is 8.10. The molecule has 0 aromatic heterocycles. The molecule has 4 atom stereocenters. The van der Waals surface area contributed by atoms with Crippen LogP contribution < -0.4 is 0 Å². The molecule has 0 saturated heterocycles. The molecule has 0 amide bonds. The summed E-state index contributed by atoms with van der Waals surface area (Å²) in [5.41, 5.74) is -5.34. The standard InChI is InChI=1S/C24H48O6/c1-5-7-9-11-12-14-16-20(22(3,29)18-25)24(21(27)28,23(4,30)19-26)17-15-13-10-8-6-2/h20,25-26,29-30H,5-19H2,1-4H3,(H,27,28). The number of aliphatic carboxylic acids is 1. The van der Waals surface area contributed by atoms with Crippen molar-refractivity contribution >= 4 is 5.97 Å². The van der Waals surface area contributed by atoms with Gasteiger partial charge in [0, 0.05) is 5.92 Å². The third-order valence-electron chi connectivity index (χ3n) is 6.84. The molecule has 0 saturated carbocycles. The van der Waals surface area contributed by atoms with Crippen LogP contribution in [0.3, 0.4) is 0 Å². The summed E-state index contributed by atoms with van der Waals surface area (Å²) < 4.78 is 0. The van der Waals surface area contributed by atoms with E-state index in [9.17, 15) is 30.3 Å². The lowest BCUT2D eigenvalue weighted by Gasteiger charge is -2.51. The predicted octanol–water partition coefficient (Wildman–Crippen LogP) is 4.27. The Bertz CT molecular complexity index is 463. The maximum Gasteiger partial charge on any atom is 0.313 e. The Hall–Kier alpha value is -0.690. The molecule has 4 unspecified atom stereocenters. The van der Waals surface area contributed by atoms with Crippen LogP contribution in [0.2, 0.25) is 0 Å². The second-order valence-electron chi connectivity index (χ2n) is 9.50. The molecule has 0 aliphatic heterocycles. The molecule has 0 heterocycles. The zero-order valence-electron chi connectivity index (χ0n) is 19.8. The molecule has 0 rings (SSSR count). The normalized spacial score (nSPS) is 18.9. The van der Waals surface area contributed by atoms with Gasteiger partial charge in [-0.15, -0.1) is 0 Å². The van der Waals surface area contributed by atoms with Gasteiger partial charge in [-0.1, -0.05) is 84.5 Å². The van der Waals surface area contributed by atoms with Crippen molar-refractivity contribution in [2.75, 3.05) is 13.2 Å². The summed E-state index contributed by atoms with van der Waals surface area (Å²) in [4.78, 5) is 12.7. The van der Waals surface area contributed by atoms with Crippen molar-refractivity contribution < 1.29 is 30.3 Å². The van der Waals surface area contributed by atoms with E-state index in [-0.39, 0.29) is 6.42 Å². The van der Waals surface area contributed by atoms with Crippen molar-refractivity contribution in [1.82, 2.24) is 0 Å². The van der Waals surface area contributed by atoms with Crippen molar-refractivity contribution in [3.8, 4) is 0 Å². The molecule has 0 spiro atoms. The third-order valence-corrected chi connectivity index (χ3v) is 6.84. The van der Waals surface area contributed by atoms with Gasteiger partial charge in [-0.2, -0.15) is 0 Å². The first-order chi connectivity index (χ1) is 14.1. The first kappa shape index (κ1) is 29.3. The Morgan fingerprint density at radius 1 is 0.767 bits per heavy atom. The fourth-order valence-electron chi connectivity index (χ4n) is 4.78. The minimum absolute atomic E-state index is 0.149. The molecular weight excluding hydrogens is 384 g/mol. The Morgan fingerprint density at radius 2 is 1.23 bits per heavy atom. The summed E-state index contributed by atoms with van der Waals surface area (Å²) in [6.07, 6.45) is 11.1. The minimum Gasteiger partial charge on any atom is -0.481 e. The largest absolute Gasteiger partial charge is 0.481 e. The average Bonchev–Trinajstić information content (AvgIpc) is 2.70. The molecule has 5 N–H and O–H groups in total. The van der Waals surface area contributed by atoms with E-state index in [4.69, 9.17) is 0 Å².